The van der Waals surface area contributed by atoms with Gasteiger partial charge in [0.15, 0.2) is 0 Å². The van der Waals surface area contributed by atoms with Crippen molar-refractivity contribution in [1.82, 2.24) is 9.80 Å². The third-order valence-electron chi connectivity index (χ3n) is 5.68. The Morgan fingerprint density at radius 2 is 1.82 bits per heavy atom. The molecule has 118 valence electrons. The molecule has 22 heavy (non-hydrogen) atoms. The number of benzene rings is 1. The van der Waals surface area contributed by atoms with Gasteiger partial charge in [-0.2, -0.15) is 0 Å². The first-order valence-electron chi connectivity index (χ1n) is 8.39. The summed E-state index contributed by atoms with van der Waals surface area (Å²) >= 11 is 6.12. The number of piperidine rings is 2. The molecule has 2 bridgehead atoms. The molecule has 0 N–H and O–H groups in total. The molecule has 2 unspecified atom stereocenters. The van der Waals surface area contributed by atoms with E-state index >= 15 is 0 Å². The highest BCUT2D eigenvalue weighted by atomic mass is 35.5. The maximum absolute atomic E-state index is 6.12. The molecule has 2 fully saturated rings. The molecule has 0 aliphatic carbocycles. The van der Waals surface area contributed by atoms with Gasteiger partial charge in [0.05, 0.1) is 6.67 Å². The molecule has 3 aliphatic rings. The molecular formula is C18H24ClN3. The predicted octanol–water partition coefficient (Wildman–Crippen LogP) is 3.91. The van der Waals surface area contributed by atoms with Gasteiger partial charge in [0.1, 0.15) is 0 Å². The van der Waals surface area contributed by atoms with E-state index in [1.165, 1.54) is 37.8 Å². The minimum Gasteiger partial charge on any atom is -0.355 e. The fourth-order valence-corrected chi connectivity index (χ4v) is 4.54. The van der Waals surface area contributed by atoms with Crippen LogP contribution < -0.4 is 4.90 Å². The van der Waals surface area contributed by atoms with Gasteiger partial charge in [-0.15, -0.1) is 0 Å². The third-order valence-corrected chi connectivity index (χ3v) is 5.91. The Hall–Kier alpha value is -1.19. The zero-order valence-electron chi connectivity index (χ0n) is 13.2. The zero-order chi connectivity index (χ0) is 15.1. The Morgan fingerprint density at radius 3 is 2.55 bits per heavy atom. The molecule has 0 saturated carbocycles. The second kappa shape index (κ2) is 5.78. The smallest absolute Gasteiger partial charge is 0.0944 e. The molecule has 2 atom stereocenters. The molecule has 1 aromatic carbocycles. The number of hydrogen-bond acceptors (Lipinski definition) is 3. The summed E-state index contributed by atoms with van der Waals surface area (Å²) in [6.07, 6.45) is 11.2. The average molecular weight is 318 g/mol. The van der Waals surface area contributed by atoms with Gasteiger partial charge in [0.2, 0.25) is 0 Å². The Morgan fingerprint density at radius 1 is 1.05 bits per heavy atom. The van der Waals surface area contributed by atoms with Crippen LogP contribution in [0.1, 0.15) is 32.1 Å². The van der Waals surface area contributed by atoms with Crippen LogP contribution in [-0.4, -0.2) is 41.6 Å². The van der Waals surface area contributed by atoms with Crippen LogP contribution in [0.4, 0.5) is 5.69 Å². The van der Waals surface area contributed by atoms with Crippen LogP contribution in [0.5, 0.6) is 0 Å². The molecule has 3 heterocycles. The number of fused-ring (bicyclic) bond motifs is 2. The predicted molar refractivity (Wildman–Crippen MR) is 92.0 cm³/mol. The van der Waals surface area contributed by atoms with E-state index in [4.69, 9.17) is 11.6 Å². The highest BCUT2D eigenvalue weighted by molar-refractivity contribution is 6.30. The highest BCUT2D eigenvalue weighted by Gasteiger charge is 2.38. The van der Waals surface area contributed by atoms with E-state index in [2.05, 4.69) is 40.2 Å². The molecule has 1 aromatic rings. The minimum absolute atomic E-state index is 0.687. The van der Waals surface area contributed by atoms with Crippen LogP contribution in [-0.2, 0) is 0 Å². The molecular weight excluding hydrogens is 294 g/mol. The van der Waals surface area contributed by atoms with E-state index in [1.807, 2.05) is 18.2 Å². The summed E-state index contributed by atoms with van der Waals surface area (Å²) in [7, 11) is 2.32. The fourth-order valence-electron chi connectivity index (χ4n) is 4.35. The van der Waals surface area contributed by atoms with Crippen LogP contribution >= 0.6 is 11.6 Å². The van der Waals surface area contributed by atoms with Gasteiger partial charge >= 0.3 is 0 Å². The summed E-state index contributed by atoms with van der Waals surface area (Å²) in [4.78, 5) is 7.45. The number of rotatable bonds is 2. The number of hydrogen-bond donors (Lipinski definition) is 0. The van der Waals surface area contributed by atoms with Crippen molar-refractivity contribution in [2.24, 2.45) is 0 Å². The SMILES string of the molecule is CN1C2CCCC1CC(N1C=CN(c3cccc(Cl)c3)C1)C2. The van der Waals surface area contributed by atoms with E-state index < -0.39 is 0 Å². The summed E-state index contributed by atoms with van der Waals surface area (Å²) in [5.41, 5.74) is 1.18. The molecule has 3 aliphatic heterocycles. The van der Waals surface area contributed by atoms with Gasteiger partial charge in [0, 0.05) is 41.2 Å². The van der Waals surface area contributed by atoms with Crippen molar-refractivity contribution in [2.75, 3.05) is 18.6 Å². The quantitative estimate of drug-likeness (QED) is 0.819. The highest BCUT2D eigenvalue weighted by Crippen LogP contribution is 2.36. The van der Waals surface area contributed by atoms with Crippen molar-refractivity contribution >= 4 is 17.3 Å². The molecule has 4 heteroatoms. The monoisotopic (exact) mass is 317 g/mol. The number of anilines is 1. The lowest BCUT2D eigenvalue weighted by Crippen LogP contribution is -2.54. The van der Waals surface area contributed by atoms with Crippen molar-refractivity contribution in [3.63, 3.8) is 0 Å². The first kappa shape index (κ1) is 14.4. The van der Waals surface area contributed by atoms with Gasteiger partial charge < -0.3 is 14.7 Å². The lowest BCUT2D eigenvalue weighted by Gasteiger charge is -2.49. The molecule has 0 radical (unpaired) electrons. The van der Waals surface area contributed by atoms with Crippen LogP contribution in [0.3, 0.4) is 0 Å². The van der Waals surface area contributed by atoms with E-state index in [1.54, 1.807) is 0 Å². The van der Waals surface area contributed by atoms with Gasteiger partial charge in [-0.25, -0.2) is 0 Å². The summed E-state index contributed by atoms with van der Waals surface area (Å²) in [6.45, 7) is 0.953. The van der Waals surface area contributed by atoms with Crippen molar-refractivity contribution in [1.29, 1.82) is 0 Å². The molecule has 2 saturated heterocycles. The first-order valence-corrected chi connectivity index (χ1v) is 8.77. The van der Waals surface area contributed by atoms with Gasteiger partial charge in [0.25, 0.3) is 0 Å². The standard InChI is InChI=1S/C18H24ClN3/c1-20-15-5-3-6-16(20)12-18(11-15)22-9-8-21(13-22)17-7-2-4-14(19)10-17/h2,4,7-10,15-16,18H,3,5-6,11-13H2,1H3. The molecule has 4 rings (SSSR count). The Labute approximate surface area is 138 Å². The van der Waals surface area contributed by atoms with E-state index in [-0.39, 0.29) is 0 Å². The van der Waals surface area contributed by atoms with E-state index in [0.717, 1.165) is 23.8 Å². The maximum Gasteiger partial charge on any atom is 0.0944 e. The zero-order valence-corrected chi connectivity index (χ0v) is 13.9. The molecule has 0 spiro atoms. The van der Waals surface area contributed by atoms with Crippen LogP contribution in [0.25, 0.3) is 0 Å². The van der Waals surface area contributed by atoms with Crippen molar-refractivity contribution < 1.29 is 0 Å². The first-order chi connectivity index (χ1) is 10.7. The average Bonchev–Trinajstić information content (AvgIpc) is 2.97. The van der Waals surface area contributed by atoms with Crippen LogP contribution in [0, 0.1) is 0 Å². The van der Waals surface area contributed by atoms with Crippen LogP contribution in [0.2, 0.25) is 5.02 Å². The Bertz CT molecular complexity index is 559. The van der Waals surface area contributed by atoms with Gasteiger partial charge in [-0.1, -0.05) is 24.1 Å². The summed E-state index contributed by atoms with van der Waals surface area (Å²) in [5, 5.41) is 0.804. The maximum atomic E-state index is 6.12. The minimum atomic E-state index is 0.687. The second-order valence-corrected chi connectivity index (χ2v) is 7.37. The lowest BCUT2D eigenvalue weighted by atomic mass is 9.82. The van der Waals surface area contributed by atoms with E-state index in [9.17, 15) is 0 Å². The Balaban J connectivity index is 1.44. The number of halogens is 1. The van der Waals surface area contributed by atoms with Gasteiger partial charge in [-0.05, 0) is 50.9 Å². The second-order valence-electron chi connectivity index (χ2n) is 6.93. The Kier molecular flexibility index (Phi) is 3.79. The lowest BCUT2D eigenvalue weighted by molar-refractivity contribution is 0.0244. The van der Waals surface area contributed by atoms with Crippen molar-refractivity contribution in [3.8, 4) is 0 Å². The van der Waals surface area contributed by atoms with Crippen molar-refractivity contribution in [3.05, 3.63) is 41.7 Å². The van der Waals surface area contributed by atoms with Crippen LogP contribution in [0.15, 0.2) is 36.7 Å². The molecule has 3 nitrogen and oxygen atoms in total. The normalized spacial score (nSPS) is 31.8. The van der Waals surface area contributed by atoms with E-state index in [0.29, 0.717) is 6.04 Å². The summed E-state index contributed by atoms with van der Waals surface area (Å²) in [6, 6.07) is 10.4. The third kappa shape index (κ3) is 2.61. The molecule has 0 aromatic heterocycles. The van der Waals surface area contributed by atoms with Crippen molar-refractivity contribution in [2.45, 2.75) is 50.2 Å². The molecule has 0 amide bonds. The van der Waals surface area contributed by atoms with Gasteiger partial charge in [-0.3, -0.25) is 0 Å². The topological polar surface area (TPSA) is 9.72 Å². The fraction of sp³-hybridized carbons (Fsp3) is 0.556. The summed E-state index contributed by atoms with van der Waals surface area (Å²) < 4.78 is 0. The largest absolute Gasteiger partial charge is 0.355 e. The number of nitrogens with zero attached hydrogens (tertiary/aromatic N) is 3. The summed E-state index contributed by atoms with van der Waals surface area (Å²) in [5.74, 6) is 0.